The molecule has 4 nitrogen and oxygen atoms in total. The van der Waals surface area contributed by atoms with E-state index in [0.29, 0.717) is 0 Å². The number of alkyl halides is 1. The SMILES string of the molecule is C=C(C)C(C)(F)c1cc(C(=O)O)n(C)n1. The van der Waals surface area contributed by atoms with E-state index >= 15 is 0 Å². The van der Waals surface area contributed by atoms with Gasteiger partial charge in [0.2, 0.25) is 0 Å². The minimum atomic E-state index is -1.80. The van der Waals surface area contributed by atoms with Crippen LogP contribution in [0, 0.1) is 0 Å². The molecule has 0 radical (unpaired) electrons. The molecule has 0 aliphatic heterocycles. The van der Waals surface area contributed by atoms with Crippen LogP contribution in [0.4, 0.5) is 4.39 Å². The van der Waals surface area contributed by atoms with Gasteiger partial charge in [-0.15, -0.1) is 0 Å². The Morgan fingerprint density at radius 3 is 2.60 bits per heavy atom. The first-order valence-corrected chi connectivity index (χ1v) is 4.39. The molecular formula is C10H13FN2O2. The van der Waals surface area contributed by atoms with E-state index in [-0.39, 0.29) is 17.0 Å². The molecule has 1 unspecified atom stereocenters. The molecule has 0 saturated heterocycles. The summed E-state index contributed by atoms with van der Waals surface area (Å²) in [6.07, 6.45) is 0. The van der Waals surface area contributed by atoms with E-state index in [9.17, 15) is 9.18 Å². The lowest BCUT2D eigenvalue weighted by molar-refractivity contribution is 0.0685. The van der Waals surface area contributed by atoms with E-state index in [0.717, 1.165) is 4.68 Å². The number of halogens is 1. The highest BCUT2D eigenvalue weighted by molar-refractivity contribution is 5.85. The Labute approximate surface area is 87.0 Å². The minimum absolute atomic E-state index is 0.0462. The summed E-state index contributed by atoms with van der Waals surface area (Å²) in [5, 5.41) is 12.6. The monoisotopic (exact) mass is 212 g/mol. The van der Waals surface area contributed by atoms with Gasteiger partial charge in [-0.2, -0.15) is 5.10 Å². The summed E-state index contributed by atoms with van der Waals surface area (Å²) >= 11 is 0. The van der Waals surface area contributed by atoms with Crippen molar-refractivity contribution in [3.8, 4) is 0 Å². The number of allylic oxidation sites excluding steroid dienone is 1. The van der Waals surface area contributed by atoms with Gasteiger partial charge in [-0.3, -0.25) is 4.68 Å². The van der Waals surface area contributed by atoms with Crippen molar-refractivity contribution in [3.63, 3.8) is 0 Å². The minimum Gasteiger partial charge on any atom is -0.477 e. The van der Waals surface area contributed by atoms with Crippen LogP contribution >= 0.6 is 0 Å². The summed E-state index contributed by atoms with van der Waals surface area (Å²) in [5.41, 5.74) is -1.49. The van der Waals surface area contributed by atoms with Crippen molar-refractivity contribution in [2.24, 2.45) is 7.05 Å². The molecule has 15 heavy (non-hydrogen) atoms. The second-order valence-corrected chi connectivity index (χ2v) is 3.63. The first-order valence-electron chi connectivity index (χ1n) is 4.39. The molecule has 1 atom stereocenters. The van der Waals surface area contributed by atoms with Crippen LogP contribution in [0.5, 0.6) is 0 Å². The number of aromatic nitrogens is 2. The third kappa shape index (κ3) is 1.91. The predicted molar refractivity (Wildman–Crippen MR) is 53.4 cm³/mol. The van der Waals surface area contributed by atoms with Crippen LogP contribution in [-0.2, 0) is 12.7 Å². The number of rotatable bonds is 3. The van der Waals surface area contributed by atoms with Crippen LogP contribution in [0.2, 0.25) is 0 Å². The molecule has 5 heteroatoms. The van der Waals surface area contributed by atoms with Crippen LogP contribution in [-0.4, -0.2) is 20.9 Å². The molecule has 1 rings (SSSR count). The van der Waals surface area contributed by atoms with Crippen molar-refractivity contribution in [1.29, 1.82) is 0 Å². The summed E-state index contributed by atoms with van der Waals surface area (Å²) in [5.74, 6) is -1.13. The molecular weight excluding hydrogens is 199 g/mol. The number of hydrogen-bond donors (Lipinski definition) is 1. The maximum Gasteiger partial charge on any atom is 0.354 e. The first kappa shape index (κ1) is 11.4. The van der Waals surface area contributed by atoms with Crippen molar-refractivity contribution < 1.29 is 14.3 Å². The number of nitrogens with zero attached hydrogens (tertiary/aromatic N) is 2. The third-order valence-corrected chi connectivity index (χ3v) is 2.38. The molecule has 0 fully saturated rings. The van der Waals surface area contributed by atoms with E-state index in [1.54, 1.807) is 0 Å². The summed E-state index contributed by atoms with van der Waals surface area (Å²) in [7, 11) is 1.46. The van der Waals surface area contributed by atoms with Gasteiger partial charge in [0.25, 0.3) is 0 Å². The highest BCUT2D eigenvalue weighted by Crippen LogP contribution is 2.31. The lowest BCUT2D eigenvalue weighted by atomic mass is 9.97. The highest BCUT2D eigenvalue weighted by Gasteiger charge is 2.31. The fourth-order valence-electron chi connectivity index (χ4n) is 1.12. The number of aryl methyl sites for hydroxylation is 1. The lowest BCUT2D eigenvalue weighted by Crippen LogP contribution is -2.17. The van der Waals surface area contributed by atoms with E-state index in [2.05, 4.69) is 11.7 Å². The molecule has 1 heterocycles. The zero-order valence-corrected chi connectivity index (χ0v) is 8.91. The normalized spacial score (nSPS) is 14.7. The van der Waals surface area contributed by atoms with Gasteiger partial charge in [-0.25, -0.2) is 9.18 Å². The van der Waals surface area contributed by atoms with E-state index in [1.165, 1.54) is 27.0 Å². The molecule has 0 aliphatic rings. The molecule has 0 saturated carbocycles. The largest absolute Gasteiger partial charge is 0.477 e. The standard InChI is InChI=1S/C10H13FN2O2/c1-6(2)10(3,11)8-5-7(9(14)15)13(4)12-8/h5H,1H2,2-4H3,(H,14,15). The molecule has 0 amide bonds. The molecule has 1 aromatic heterocycles. The second-order valence-electron chi connectivity index (χ2n) is 3.63. The van der Waals surface area contributed by atoms with Crippen LogP contribution < -0.4 is 0 Å². The summed E-state index contributed by atoms with van der Waals surface area (Å²) in [6.45, 7) is 6.36. The van der Waals surface area contributed by atoms with Crippen molar-refractivity contribution >= 4 is 5.97 Å². The topological polar surface area (TPSA) is 55.1 Å². The van der Waals surface area contributed by atoms with Crippen molar-refractivity contribution in [3.05, 3.63) is 29.6 Å². The Hall–Kier alpha value is -1.65. The number of carboxylic acids is 1. The fourth-order valence-corrected chi connectivity index (χ4v) is 1.12. The smallest absolute Gasteiger partial charge is 0.354 e. The van der Waals surface area contributed by atoms with Crippen LogP contribution in [0.3, 0.4) is 0 Å². The zero-order chi connectivity index (χ0) is 11.8. The summed E-state index contributed by atoms with van der Waals surface area (Å²) in [4.78, 5) is 10.7. The van der Waals surface area contributed by atoms with Crippen molar-refractivity contribution in [2.45, 2.75) is 19.5 Å². The van der Waals surface area contributed by atoms with Gasteiger partial charge in [0.05, 0.1) is 0 Å². The van der Waals surface area contributed by atoms with Crippen molar-refractivity contribution in [1.82, 2.24) is 9.78 Å². The number of carboxylic acid groups (broad SMARTS) is 1. The summed E-state index contributed by atoms with van der Waals surface area (Å²) < 4.78 is 15.2. The summed E-state index contributed by atoms with van der Waals surface area (Å²) in [6, 6.07) is 1.22. The lowest BCUT2D eigenvalue weighted by Gasteiger charge is -2.17. The van der Waals surface area contributed by atoms with E-state index < -0.39 is 11.6 Å². The van der Waals surface area contributed by atoms with Gasteiger partial charge in [0, 0.05) is 7.05 Å². The van der Waals surface area contributed by atoms with Gasteiger partial charge in [-0.1, -0.05) is 6.58 Å². The number of hydrogen-bond acceptors (Lipinski definition) is 2. The molecule has 0 aromatic carbocycles. The van der Waals surface area contributed by atoms with Crippen LogP contribution in [0.1, 0.15) is 30.0 Å². The number of carbonyl (C=O) groups is 1. The zero-order valence-electron chi connectivity index (χ0n) is 8.91. The first-order chi connectivity index (χ1) is 6.76. The Balaban J connectivity index is 3.24. The third-order valence-electron chi connectivity index (χ3n) is 2.38. The van der Waals surface area contributed by atoms with Gasteiger partial charge >= 0.3 is 5.97 Å². The molecule has 1 aromatic rings. The highest BCUT2D eigenvalue weighted by atomic mass is 19.1. The Morgan fingerprint density at radius 2 is 2.27 bits per heavy atom. The Morgan fingerprint density at radius 1 is 1.73 bits per heavy atom. The quantitative estimate of drug-likeness (QED) is 0.778. The fraction of sp³-hybridized carbons (Fsp3) is 0.400. The molecule has 0 aliphatic carbocycles. The average molecular weight is 212 g/mol. The van der Waals surface area contributed by atoms with Gasteiger partial charge in [-0.05, 0) is 25.5 Å². The second kappa shape index (κ2) is 3.49. The van der Waals surface area contributed by atoms with Crippen LogP contribution in [0.25, 0.3) is 0 Å². The van der Waals surface area contributed by atoms with Crippen molar-refractivity contribution in [2.75, 3.05) is 0 Å². The average Bonchev–Trinajstić information content (AvgIpc) is 2.47. The van der Waals surface area contributed by atoms with E-state index in [4.69, 9.17) is 5.11 Å². The number of aromatic carboxylic acids is 1. The Kier molecular flexibility index (Phi) is 2.66. The predicted octanol–water partition coefficient (Wildman–Crippen LogP) is 1.88. The molecule has 0 spiro atoms. The molecule has 82 valence electrons. The maximum atomic E-state index is 14.0. The molecule has 0 bridgehead atoms. The van der Waals surface area contributed by atoms with Crippen LogP contribution in [0.15, 0.2) is 18.2 Å². The maximum absolute atomic E-state index is 14.0. The van der Waals surface area contributed by atoms with Gasteiger partial charge in [0.1, 0.15) is 11.4 Å². The molecule has 1 N–H and O–H groups in total. The van der Waals surface area contributed by atoms with Gasteiger partial charge in [0.15, 0.2) is 5.67 Å². The van der Waals surface area contributed by atoms with Gasteiger partial charge < -0.3 is 5.11 Å². The Bertz CT molecular complexity index is 421. The van der Waals surface area contributed by atoms with E-state index in [1.807, 2.05) is 0 Å².